The number of hydrogen-bond acceptors (Lipinski definition) is 20. The van der Waals surface area contributed by atoms with Crippen molar-refractivity contribution in [1.82, 2.24) is 9.96 Å². The number of amides is 6. The lowest BCUT2D eigenvalue weighted by Crippen LogP contribution is -2.42. The molecule has 0 aliphatic carbocycles. The number of carbonyl (C=O) groups excluding carboxylic acids is 7. The quantitative estimate of drug-likeness (QED) is 0.0161. The summed E-state index contributed by atoms with van der Waals surface area (Å²) in [6.07, 6.45) is 0.00788. The number of hydrogen-bond donors (Lipinski definition) is 4. The Kier molecular flexibility index (Phi) is 17.5. The number of anilines is 1. The predicted octanol–water partition coefficient (Wildman–Crippen LogP) is 15.6. The van der Waals surface area contributed by atoms with Crippen molar-refractivity contribution in [2.75, 3.05) is 11.4 Å². The third-order valence-corrected chi connectivity index (χ3v) is 23.6. The number of benzene rings is 13. The standard InChI is InChI=1S/C80H59N3O24S4/c1-39(2)49-9-8-10-50(40(3)4)76(49)82-79(89)57-37-61(105-43-16-24-47(25-17-43)110(97,98)99)72-53-30-28-51-66-52(29-31-54(67(53)66)73-62(38-58(80(82)90)69(57)75(72)73)106-44-18-26-48(27-19-44)111(100,101)102)71-60(104-42-14-22-46(23-15-42)109(94,95)96)36-56-68-55(35-59(70(51)74(68)71)103-41-12-20-45(21-13-41)108(91,92)93)77(87)81(78(56)88)34-7-5-6-11-65(86)107-83-63(84)32-33-64(83)85/h8-10,12-31,35-40H,5-7,11,32-34H2,1-4H3,(H,91,92,93)(H,94,95,96)(H,97,98,99)(H,100,101,102). The number of para-hydroxylation sites is 1. The van der Waals surface area contributed by atoms with Crippen molar-refractivity contribution in [3.63, 3.8) is 0 Å². The number of unbranched alkanes of at least 4 members (excludes halogenated alkanes) is 2. The van der Waals surface area contributed by atoms with Crippen LogP contribution in [0.4, 0.5) is 5.69 Å². The van der Waals surface area contributed by atoms with Crippen LogP contribution in [0.5, 0.6) is 46.0 Å². The molecule has 3 aliphatic heterocycles. The molecular weight excluding hydrogens is 1520 g/mol. The lowest BCUT2D eigenvalue weighted by molar-refractivity contribution is -0.197. The molecule has 0 spiro atoms. The van der Waals surface area contributed by atoms with Crippen LogP contribution in [0.25, 0.3) is 75.4 Å². The van der Waals surface area contributed by atoms with Crippen molar-refractivity contribution >= 4 is 163 Å². The van der Waals surface area contributed by atoms with E-state index in [4.69, 9.17) is 23.8 Å². The maximum absolute atomic E-state index is 16.1. The average molecular weight is 1570 g/mol. The topological polar surface area (TPSA) is 393 Å². The van der Waals surface area contributed by atoms with E-state index >= 15 is 19.2 Å². The van der Waals surface area contributed by atoms with Gasteiger partial charge in [-0.05, 0) is 189 Å². The Hall–Kier alpha value is -12.1. The highest BCUT2D eigenvalue weighted by molar-refractivity contribution is 7.86. The minimum absolute atomic E-state index is 0.0152. The molecular formula is C80H59N3O24S4. The summed E-state index contributed by atoms with van der Waals surface area (Å²) in [7, 11) is -19.1. The van der Waals surface area contributed by atoms with Gasteiger partial charge in [0, 0.05) is 68.9 Å². The molecule has 3 aliphatic rings. The van der Waals surface area contributed by atoms with Crippen LogP contribution in [0.3, 0.4) is 0 Å². The number of nitrogens with zero attached hydrogens (tertiary/aromatic N) is 3. The molecule has 13 aromatic rings. The normalized spacial score (nSPS) is 14.4. The molecule has 16 rings (SSSR count). The molecule has 0 unspecified atom stereocenters. The van der Waals surface area contributed by atoms with Crippen LogP contribution in [-0.2, 0) is 59.7 Å². The summed E-state index contributed by atoms with van der Waals surface area (Å²) in [5.74, 6) is -6.23. The van der Waals surface area contributed by atoms with Crippen LogP contribution in [-0.4, -0.2) is 110 Å². The predicted molar refractivity (Wildman–Crippen MR) is 403 cm³/mol. The zero-order valence-corrected chi connectivity index (χ0v) is 61.9. The number of fused-ring (bicyclic) bond motifs is 4. The number of carbonyl (C=O) groups is 7. The van der Waals surface area contributed by atoms with E-state index in [1.165, 1.54) is 72.8 Å². The highest BCUT2D eigenvalue weighted by Crippen LogP contribution is 2.58. The van der Waals surface area contributed by atoms with Crippen LogP contribution >= 0.6 is 0 Å². The summed E-state index contributed by atoms with van der Waals surface area (Å²) in [6, 6.07) is 36.9. The highest BCUT2D eigenvalue weighted by atomic mass is 32.2. The first-order valence-electron chi connectivity index (χ1n) is 34.6. The Balaban J connectivity index is 0.998. The van der Waals surface area contributed by atoms with E-state index in [1.807, 2.05) is 45.9 Å². The summed E-state index contributed by atoms with van der Waals surface area (Å²) in [4.78, 5) is 106. The molecule has 0 radical (unpaired) electrons. The van der Waals surface area contributed by atoms with Gasteiger partial charge in [0.25, 0.3) is 75.9 Å². The SMILES string of the molecule is CC(C)c1cccc(C(C)C)c1N1C(=O)c2cc(Oc3ccc(S(=O)(=O)O)cc3)c3c4ccc5c6c(Oc7ccc(S(=O)(=O)O)cc7)cc7c8c(cc(Oc9ccc(S(=O)(=O)O)cc9)c(c9ccc(c%10c(Oc%11ccc(S(=O)(=O)O)cc%11)cc(c2c3%10)C1=O)c4c59)c86)C(=O)N(CCCCCC(=O)ON1C(=O)CCC1=O)C7=O. The smallest absolute Gasteiger partial charge is 0.333 e. The second-order valence-corrected chi connectivity index (χ2v) is 33.3. The van der Waals surface area contributed by atoms with Gasteiger partial charge in [-0.25, -0.2) is 9.69 Å². The summed E-state index contributed by atoms with van der Waals surface area (Å²) in [5.41, 5.74) is 1.41. The monoisotopic (exact) mass is 1570 g/mol. The van der Waals surface area contributed by atoms with Gasteiger partial charge in [-0.3, -0.25) is 51.9 Å². The summed E-state index contributed by atoms with van der Waals surface area (Å²) < 4.78 is 168. The maximum Gasteiger partial charge on any atom is 0.333 e. The highest BCUT2D eigenvalue weighted by Gasteiger charge is 2.43. The molecule has 6 amide bonds. The van der Waals surface area contributed by atoms with Gasteiger partial charge >= 0.3 is 5.97 Å². The fourth-order valence-corrected chi connectivity index (χ4v) is 17.1. The minimum atomic E-state index is -4.77. The second-order valence-electron chi connectivity index (χ2n) is 27.6. The lowest BCUT2D eigenvalue weighted by Gasteiger charge is -2.33. The van der Waals surface area contributed by atoms with Gasteiger partial charge in [-0.15, -0.1) is 5.06 Å². The van der Waals surface area contributed by atoms with Gasteiger partial charge < -0.3 is 23.8 Å². The van der Waals surface area contributed by atoms with Gasteiger partial charge in [-0.2, -0.15) is 33.7 Å². The van der Waals surface area contributed by atoms with Crippen LogP contribution in [0.2, 0.25) is 0 Å². The van der Waals surface area contributed by atoms with Crippen molar-refractivity contribution in [3.05, 3.63) is 197 Å². The lowest BCUT2D eigenvalue weighted by atomic mass is 9.79. The first kappa shape index (κ1) is 73.1. The largest absolute Gasteiger partial charge is 0.457 e. The Morgan fingerprint density at radius 2 is 0.685 bits per heavy atom. The van der Waals surface area contributed by atoms with Gasteiger partial charge in [0.15, 0.2) is 0 Å². The van der Waals surface area contributed by atoms with Crippen molar-refractivity contribution < 1.29 is 109 Å². The number of hydroxylamine groups is 2. The van der Waals surface area contributed by atoms with Gasteiger partial charge in [-0.1, -0.05) is 76.6 Å². The first-order valence-corrected chi connectivity index (χ1v) is 40.3. The van der Waals surface area contributed by atoms with Gasteiger partial charge in [0.1, 0.15) is 46.0 Å². The van der Waals surface area contributed by atoms with Crippen LogP contribution in [0.15, 0.2) is 183 Å². The maximum atomic E-state index is 16.1. The van der Waals surface area contributed by atoms with Crippen LogP contribution in [0, 0.1) is 0 Å². The second kappa shape index (κ2) is 26.6. The molecule has 0 atom stereocenters. The summed E-state index contributed by atoms with van der Waals surface area (Å²) in [5, 5.41) is 3.93. The Morgan fingerprint density at radius 3 is 0.982 bits per heavy atom. The van der Waals surface area contributed by atoms with E-state index in [1.54, 1.807) is 24.3 Å². The van der Waals surface area contributed by atoms with Crippen LogP contribution < -0.4 is 23.8 Å². The third-order valence-electron chi connectivity index (χ3n) is 20.1. The van der Waals surface area contributed by atoms with Gasteiger partial charge in [0.05, 0.1) is 47.5 Å². The molecule has 13 aromatic carbocycles. The third kappa shape index (κ3) is 12.5. The molecule has 0 aromatic heterocycles. The average Bonchev–Trinajstić information content (AvgIpc) is 1.68. The zero-order chi connectivity index (χ0) is 78.6. The fraction of sp³-hybridized carbons (Fsp3) is 0.163. The van der Waals surface area contributed by atoms with Crippen molar-refractivity contribution in [3.8, 4) is 46.0 Å². The molecule has 3 heterocycles. The van der Waals surface area contributed by atoms with E-state index in [9.17, 15) is 66.3 Å². The molecule has 0 saturated carbocycles. The Bertz CT molecular complexity index is 6420. The molecule has 31 heteroatoms. The minimum Gasteiger partial charge on any atom is -0.457 e. The number of rotatable bonds is 22. The van der Waals surface area contributed by atoms with Gasteiger partial charge in [0.2, 0.25) is 0 Å². The molecule has 1 fully saturated rings. The van der Waals surface area contributed by atoms with E-state index in [-0.39, 0.29) is 168 Å². The van der Waals surface area contributed by atoms with E-state index in [2.05, 4.69) is 0 Å². The summed E-state index contributed by atoms with van der Waals surface area (Å²) >= 11 is 0. The zero-order valence-electron chi connectivity index (χ0n) is 58.6. The molecule has 0 bridgehead atoms. The van der Waals surface area contributed by atoms with Crippen molar-refractivity contribution in [2.24, 2.45) is 0 Å². The molecule has 4 N–H and O–H groups in total. The molecule has 27 nitrogen and oxygen atoms in total. The number of ether oxygens (including phenoxy) is 4. The summed E-state index contributed by atoms with van der Waals surface area (Å²) in [6.45, 7) is 7.44. The van der Waals surface area contributed by atoms with Crippen molar-refractivity contribution in [2.45, 2.75) is 97.6 Å². The Morgan fingerprint density at radius 1 is 0.378 bits per heavy atom. The number of imide groups is 3. The van der Waals surface area contributed by atoms with Crippen molar-refractivity contribution in [1.29, 1.82) is 0 Å². The van der Waals surface area contributed by atoms with E-state index in [0.717, 1.165) is 58.3 Å². The van der Waals surface area contributed by atoms with E-state index in [0.29, 0.717) is 54.2 Å². The molecule has 111 heavy (non-hydrogen) atoms. The van der Waals surface area contributed by atoms with E-state index < -0.39 is 101 Å². The fourth-order valence-electron chi connectivity index (χ4n) is 15.2. The molecule has 1 saturated heterocycles. The van der Waals surface area contributed by atoms with Crippen LogP contribution in [0.1, 0.15) is 131 Å². The Labute approximate surface area is 630 Å². The molecule has 562 valence electrons. The first-order chi connectivity index (χ1) is 52.6.